The molecule has 0 amide bonds. The zero-order chi connectivity index (χ0) is 9.84. The standard InChI is InChI=1S/C6H10N4O3/c7-3-5(11)4-9-2-1-8-6(9)10(12)13/h1-2,5,11H,3-4,7H2. The molecule has 0 fully saturated rings. The van der Waals surface area contributed by atoms with Crippen molar-refractivity contribution in [1.29, 1.82) is 0 Å². The second kappa shape index (κ2) is 3.97. The van der Waals surface area contributed by atoms with E-state index in [4.69, 9.17) is 10.8 Å². The van der Waals surface area contributed by atoms with Crippen LogP contribution in [0, 0.1) is 10.1 Å². The Bertz CT molecular complexity index is 298. The number of rotatable bonds is 4. The van der Waals surface area contributed by atoms with Crippen LogP contribution in [-0.4, -0.2) is 32.2 Å². The maximum atomic E-state index is 10.4. The predicted molar refractivity (Wildman–Crippen MR) is 43.9 cm³/mol. The van der Waals surface area contributed by atoms with Crippen molar-refractivity contribution in [2.24, 2.45) is 5.73 Å². The van der Waals surface area contributed by atoms with Gasteiger partial charge in [0.05, 0.1) is 12.6 Å². The van der Waals surface area contributed by atoms with Crippen LogP contribution in [0.25, 0.3) is 0 Å². The summed E-state index contributed by atoms with van der Waals surface area (Å²) in [5.74, 6) is -0.285. The third-order valence-corrected chi connectivity index (χ3v) is 1.54. The first-order valence-corrected chi connectivity index (χ1v) is 3.68. The lowest BCUT2D eigenvalue weighted by atomic mass is 10.3. The Morgan fingerprint density at radius 3 is 3.08 bits per heavy atom. The minimum absolute atomic E-state index is 0.0648. The van der Waals surface area contributed by atoms with Crippen LogP contribution in [0.2, 0.25) is 0 Å². The van der Waals surface area contributed by atoms with Crippen LogP contribution >= 0.6 is 0 Å². The van der Waals surface area contributed by atoms with E-state index in [0.29, 0.717) is 0 Å². The first kappa shape index (κ1) is 9.62. The molecule has 0 aliphatic rings. The monoisotopic (exact) mass is 186 g/mol. The van der Waals surface area contributed by atoms with Crippen molar-refractivity contribution >= 4 is 5.95 Å². The molecular weight excluding hydrogens is 176 g/mol. The number of nitrogens with zero attached hydrogens (tertiary/aromatic N) is 3. The summed E-state index contributed by atoms with van der Waals surface area (Å²) < 4.78 is 1.25. The van der Waals surface area contributed by atoms with Gasteiger partial charge in [0.1, 0.15) is 12.4 Å². The van der Waals surface area contributed by atoms with Gasteiger partial charge in [-0.3, -0.25) is 0 Å². The summed E-state index contributed by atoms with van der Waals surface area (Å²) in [4.78, 5) is 13.3. The van der Waals surface area contributed by atoms with Gasteiger partial charge in [0, 0.05) is 6.54 Å². The van der Waals surface area contributed by atoms with E-state index < -0.39 is 11.0 Å². The number of aliphatic hydroxyl groups excluding tert-OH is 1. The highest BCUT2D eigenvalue weighted by Gasteiger charge is 2.16. The number of hydrogen-bond acceptors (Lipinski definition) is 5. The minimum Gasteiger partial charge on any atom is -0.390 e. The molecule has 0 saturated heterocycles. The van der Waals surface area contributed by atoms with Crippen molar-refractivity contribution < 1.29 is 10.0 Å². The van der Waals surface area contributed by atoms with E-state index in [0.717, 1.165) is 0 Å². The highest BCUT2D eigenvalue weighted by Crippen LogP contribution is 2.07. The summed E-state index contributed by atoms with van der Waals surface area (Å²) in [5, 5.41) is 19.5. The van der Waals surface area contributed by atoms with Crippen LogP contribution in [0.1, 0.15) is 0 Å². The van der Waals surface area contributed by atoms with E-state index in [9.17, 15) is 10.1 Å². The van der Waals surface area contributed by atoms with E-state index >= 15 is 0 Å². The molecule has 0 saturated carbocycles. The molecule has 0 aromatic carbocycles. The summed E-state index contributed by atoms with van der Waals surface area (Å²) in [6.07, 6.45) is 1.95. The second-order valence-electron chi connectivity index (χ2n) is 2.53. The quantitative estimate of drug-likeness (QED) is 0.468. The van der Waals surface area contributed by atoms with E-state index in [1.165, 1.54) is 17.0 Å². The van der Waals surface area contributed by atoms with Crippen LogP contribution in [0.5, 0.6) is 0 Å². The SMILES string of the molecule is NCC(O)Cn1ccnc1[N+](=O)[O-]. The average Bonchev–Trinajstić information content (AvgIpc) is 2.52. The molecule has 3 N–H and O–H groups in total. The van der Waals surface area contributed by atoms with E-state index in [1.54, 1.807) is 0 Å². The van der Waals surface area contributed by atoms with E-state index in [1.807, 2.05) is 0 Å². The van der Waals surface area contributed by atoms with Crippen molar-refractivity contribution in [1.82, 2.24) is 9.55 Å². The van der Waals surface area contributed by atoms with Gasteiger partial charge < -0.3 is 21.0 Å². The second-order valence-corrected chi connectivity index (χ2v) is 2.53. The van der Waals surface area contributed by atoms with Crippen molar-refractivity contribution in [2.45, 2.75) is 12.6 Å². The Morgan fingerprint density at radius 2 is 2.54 bits per heavy atom. The normalized spacial score (nSPS) is 12.8. The zero-order valence-electron chi connectivity index (χ0n) is 6.83. The Hall–Kier alpha value is -1.47. The Balaban J connectivity index is 2.76. The first-order valence-electron chi connectivity index (χ1n) is 3.68. The Kier molecular flexibility index (Phi) is 2.93. The average molecular weight is 186 g/mol. The van der Waals surface area contributed by atoms with Gasteiger partial charge >= 0.3 is 5.95 Å². The smallest absolute Gasteiger partial charge is 0.390 e. The highest BCUT2D eigenvalue weighted by molar-refractivity contribution is 5.06. The lowest BCUT2D eigenvalue weighted by Gasteiger charge is -2.05. The minimum atomic E-state index is -0.784. The Morgan fingerprint density at radius 1 is 1.85 bits per heavy atom. The van der Waals surface area contributed by atoms with Crippen molar-refractivity contribution in [3.63, 3.8) is 0 Å². The van der Waals surface area contributed by atoms with Crippen LogP contribution in [0.3, 0.4) is 0 Å². The molecule has 1 aromatic rings. The fraction of sp³-hybridized carbons (Fsp3) is 0.500. The molecule has 0 aliphatic carbocycles. The lowest BCUT2D eigenvalue weighted by Crippen LogP contribution is -2.25. The maximum absolute atomic E-state index is 10.4. The van der Waals surface area contributed by atoms with Gasteiger partial charge in [-0.25, -0.2) is 4.57 Å². The molecule has 72 valence electrons. The third kappa shape index (κ3) is 2.23. The summed E-state index contributed by atoms with van der Waals surface area (Å²) in [6.45, 7) is 0.155. The van der Waals surface area contributed by atoms with Crippen LogP contribution in [0.15, 0.2) is 12.4 Å². The number of hydrogen-bond donors (Lipinski definition) is 2. The van der Waals surface area contributed by atoms with Crippen LogP contribution in [0.4, 0.5) is 5.95 Å². The molecule has 0 bridgehead atoms. The van der Waals surface area contributed by atoms with Gasteiger partial charge in [-0.1, -0.05) is 4.98 Å². The summed E-state index contributed by atoms with van der Waals surface area (Å²) in [5.41, 5.74) is 5.16. The fourth-order valence-electron chi connectivity index (χ4n) is 0.917. The first-order chi connectivity index (χ1) is 6.15. The van der Waals surface area contributed by atoms with Gasteiger partial charge in [0.2, 0.25) is 0 Å². The molecule has 7 nitrogen and oxygen atoms in total. The lowest BCUT2D eigenvalue weighted by molar-refractivity contribution is -0.397. The van der Waals surface area contributed by atoms with Crippen molar-refractivity contribution in [3.05, 3.63) is 22.5 Å². The molecule has 1 aromatic heterocycles. The van der Waals surface area contributed by atoms with Crippen molar-refractivity contribution in [3.8, 4) is 0 Å². The van der Waals surface area contributed by atoms with Gasteiger partial charge in [-0.05, 0) is 4.92 Å². The van der Waals surface area contributed by atoms with Gasteiger partial charge in [0.25, 0.3) is 0 Å². The summed E-state index contributed by atoms with van der Waals surface area (Å²) in [6, 6.07) is 0. The van der Waals surface area contributed by atoms with Gasteiger partial charge in [-0.15, -0.1) is 0 Å². The molecule has 0 aliphatic heterocycles. The molecule has 0 spiro atoms. The predicted octanol–water partition coefficient (Wildman–Crippen LogP) is -0.889. The van der Waals surface area contributed by atoms with E-state index in [2.05, 4.69) is 4.98 Å². The zero-order valence-corrected chi connectivity index (χ0v) is 6.83. The number of aliphatic hydroxyl groups is 1. The topological polar surface area (TPSA) is 107 Å². The Labute approximate surface area is 74.0 Å². The van der Waals surface area contributed by atoms with Gasteiger partial charge in [0.15, 0.2) is 0 Å². The summed E-state index contributed by atoms with van der Waals surface area (Å²) >= 11 is 0. The largest absolute Gasteiger partial charge is 0.434 e. The number of nitro groups is 1. The highest BCUT2D eigenvalue weighted by atomic mass is 16.6. The number of imidazole rings is 1. The fourth-order valence-corrected chi connectivity index (χ4v) is 0.917. The van der Waals surface area contributed by atoms with E-state index in [-0.39, 0.29) is 19.0 Å². The third-order valence-electron chi connectivity index (χ3n) is 1.54. The molecule has 1 atom stereocenters. The molecule has 1 rings (SSSR count). The van der Waals surface area contributed by atoms with Crippen LogP contribution in [-0.2, 0) is 6.54 Å². The molecular formula is C6H10N4O3. The molecule has 7 heteroatoms. The number of aromatic nitrogens is 2. The number of nitrogens with two attached hydrogens (primary N) is 1. The molecule has 13 heavy (non-hydrogen) atoms. The molecule has 1 heterocycles. The molecule has 0 radical (unpaired) electrons. The van der Waals surface area contributed by atoms with Crippen molar-refractivity contribution in [2.75, 3.05) is 6.54 Å². The van der Waals surface area contributed by atoms with Gasteiger partial charge in [-0.2, -0.15) is 0 Å². The van der Waals surface area contributed by atoms with Crippen LogP contribution < -0.4 is 5.73 Å². The maximum Gasteiger partial charge on any atom is 0.434 e. The molecule has 1 unspecified atom stereocenters. The summed E-state index contributed by atoms with van der Waals surface area (Å²) in [7, 11) is 0.